The first-order valence-electron chi connectivity index (χ1n) is 5.03. The molecule has 1 heterocycles. The van der Waals surface area contributed by atoms with Crippen LogP contribution in [0.3, 0.4) is 0 Å². The smallest absolute Gasteiger partial charge is 0.242 e. The summed E-state index contributed by atoms with van der Waals surface area (Å²) in [6.07, 6.45) is 1.61. The molecule has 0 spiro atoms. The number of aryl methyl sites for hydroxylation is 1. The van der Waals surface area contributed by atoms with Gasteiger partial charge in [-0.25, -0.2) is 8.42 Å². The monoisotopic (exact) mass is 330 g/mol. The zero-order chi connectivity index (χ0) is 13.2. The molecule has 96 valence electrons. The lowest BCUT2D eigenvalue weighted by Crippen LogP contribution is -2.12. The largest absolute Gasteiger partial charge is 0.317 e. The molecule has 0 aliphatic heterocycles. The molecule has 0 saturated heterocycles. The number of halogens is 1. The summed E-state index contributed by atoms with van der Waals surface area (Å²) >= 11 is 2.91. The van der Waals surface area contributed by atoms with E-state index in [4.69, 9.17) is 0 Å². The van der Waals surface area contributed by atoms with Crippen molar-refractivity contribution >= 4 is 31.6 Å². The highest BCUT2D eigenvalue weighted by molar-refractivity contribution is 9.10. The fraction of sp³-hybridized carbons (Fsp3) is 0.200. The van der Waals surface area contributed by atoms with Crippen LogP contribution in [0.5, 0.6) is 0 Å². The van der Waals surface area contributed by atoms with Crippen molar-refractivity contribution in [2.75, 3.05) is 9.38 Å². The van der Waals surface area contributed by atoms with Gasteiger partial charge in [0.05, 0.1) is 0 Å². The Labute approximate surface area is 113 Å². The van der Waals surface area contributed by atoms with Crippen molar-refractivity contribution in [3.05, 3.63) is 30.6 Å². The van der Waals surface area contributed by atoms with Crippen molar-refractivity contribution in [3.8, 4) is 11.4 Å². The Morgan fingerprint density at radius 2 is 2.00 bits per heavy atom. The Morgan fingerprint density at radius 3 is 2.50 bits per heavy atom. The van der Waals surface area contributed by atoms with Gasteiger partial charge in [0.1, 0.15) is 11.0 Å². The highest BCUT2D eigenvalue weighted by Gasteiger charge is 2.08. The van der Waals surface area contributed by atoms with E-state index in [0.29, 0.717) is 5.69 Å². The van der Waals surface area contributed by atoms with Crippen molar-refractivity contribution < 1.29 is 8.42 Å². The van der Waals surface area contributed by atoms with Gasteiger partial charge in [-0.3, -0.25) is 4.72 Å². The van der Waals surface area contributed by atoms with Gasteiger partial charge >= 0.3 is 0 Å². The molecule has 0 atom stereocenters. The first-order chi connectivity index (χ1) is 8.52. The average molecular weight is 331 g/mol. The Hall–Kier alpha value is -1.41. The van der Waals surface area contributed by atoms with Gasteiger partial charge in [0.25, 0.3) is 0 Å². The van der Waals surface area contributed by atoms with E-state index in [1.807, 2.05) is 7.05 Å². The lowest BCUT2D eigenvalue weighted by molar-refractivity contribution is 0.606. The molecule has 0 bridgehead atoms. The SMILES string of the molecule is Cn1cnnc1-c1ccc(NS(=O)(=O)CBr)cc1. The maximum atomic E-state index is 11.4. The highest BCUT2D eigenvalue weighted by atomic mass is 79.9. The van der Waals surface area contributed by atoms with Gasteiger partial charge < -0.3 is 4.57 Å². The number of anilines is 1. The lowest BCUT2D eigenvalue weighted by atomic mass is 10.2. The second kappa shape index (κ2) is 5.07. The van der Waals surface area contributed by atoms with Crippen LogP contribution in [0, 0.1) is 0 Å². The molecule has 6 nitrogen and oxygen atoms in total. The van der Waals surface area contributed by atoms with Crippen LogP contribution in [0.2, 0.25) is 0 Å². The van der Waals surface area contributed by atoms with Gasteiger partial charge in [0.15, 0.2) is 5.82 Å². The molecule has 0 aliphatic rings. The molecule has 1 aromatic heterocycles. The van der Waals surface area contributed by atoms with Gasteiger partial charge in [-0.05, 0) is 24.3 Å². The van der Waals surface area contributed by atoms with Crippen molar-refractivity contribution in [3.63, 3.8) is 0 Å². The van der Waals surface area contributed by atoms with Gasteiger partial charge in [-0.15, -0.1) is 10.2 Å². The number of alkyl halides is 1. The third-order valence-corrected chi connectivity index (χ3v) is 4.91. The number of sulfonamides is 1. The summed E-state index contributed by atoms with van der Waals surface area (Å²) in [5.74, 6) is 0.727. The topological polar surface area (TPSA) is 76.9 Å². The van der Waals surface area contributed by atoms with Crippen LogP contribution >= 0.6 is 15.9 Å². The predicted molar refractivity (Wildman–Crippen MR) is 72.8 cm³/mol. The van der Waals surface area contributed by atoms with E-state index in [1.54, 1.807) is 35.2 Å². The summed E-state index contributed by atoms with van der Waals surface area (Å²) in [6, 6.07) is 6.95. The predicted octanol–water partition coefficient (Wildman–Crippen LogP) is 1.58. The third-order valence-electron chi connectivity index (χ3n) is 2.27. The first kappa shape index (κ1) is 13.0. The number of hydrogen-bond acceptors (Lipinski definition) is 4. The van der Waals surface area contributed by atoms with Crippen LogP contribution in [0.25, 0.3) is 11.4 Å². The minimum atomic E-state index is -3.31. The minimum Gasteiger partial charge on any atom is -0.317 e. The van der Waals surface area contributed by atoms with Crippen LogP contribution in [-0.4, -0.2) is 27.8 Å². The van der Waals surface area contributed by atoms with Gasteiger partial charge in [-0.1, -0.05) is 15.9 Å². The van der Waals surface area contributed by atoms with E-state index in [2.05, 4.69) is 30.8 Å². The molecular weight excluding hydrogens is 320 g/mol. The number of rotatable bonds is 4. The molecular formula is C10H11BrN4O2S. The van der Waals surface area contributed by atoms with E-state index in [1.165, 1.54) is 0 Å². The van der Waals surface area contributed by atoms with E-state index >= 15 is 0 Å². The van der Waals surface area contributed by atoms with Gasteiger partial charge in [0.2, 0.25) is 10.0 Å². The Kier molecular flexibility index (Phi) is 3.67. The average Bonchev–Trinajstić information content (AvgIpc) is 2.76. The minimum absolute atomic E-state index is 0.134. The fourth-order valence-electron chi connectivity index (χ4n) is 1.44. The molecule has 1 aromatic carbocycles. The second-order valence-corrected chi connectivity index (χ2v) is 6.69. The van der Waals surface area contributed by atoms with Crippen LogP contribution < -0.4 is 4.72 Å². The summed E-state index contributed by atoms with van der Waals surface area (Å²) in [4.78, 5) is 0. The second-order valence-electron chi connectivity index (χ2n) is 3.67. The van der Waals surface area contributed by atoms with Crippen molar-refractivity contribution in [2.45, 2.75) is 0 Å². The third kappa shape index (κ3) is 2.88. The number of benzene rings is 1. The summed E-state index contributed by atoms with van der Waals surface area (Å²) in [5.41, 5.74) is 1.39. The van der Waals surface area contributed by atoms with Crippen LogP contribution in [-0.2, 0) is 17.1 Å². The molecule has 0 unspecified atom stereocenters. The number of aromatic nitrogens is 3. The molecule has 8 heteroatoms. The molecule has 0 fully saturated rings. The number of hydrogen-bond donors (Lipinski definition) is 1. The fourth-order valence-corrected chi connectivity index (χ4v) is 2.33. The zero-order valence-corrected chi connectivity index (χ0v) is 11.9. The highest BCUT2D eigenvalue weighted by Crippen LogP contribution is 2.19. The first-order valence-corrected chi connectivity index (χ1v) is 7.80. The van der Waals surface area contributed by atoms with Gasteiger partial charge in [0, 0.05) is 18.3 Å². The Bertz CT molecular complexity index is 636. The summed E-state index contributed by atoms with van der Waals surface area (Å²) in [7, 11) is -1.47. The molecule has 2 rings (SSSR count). The molecule has 2 aromatic rings. The van der Waals surface area contributed by atoms with E-state index in [-0.39, 0.29) is 4.66 Å². The Morgan fingerprint density at radius 1 is 1.33 bits per heavy atom. The van der Waals surface area contributed by atoms with E-state index in [0.717, 1.165) is 11.4 Å². The quantitative estimate of drug-likeness (QED) is 0.863. The Balaban J connectivity index is 2.24. The summed E-state index contributed by atoms with van der Waals surface area (Å²) < 4.78 is 26.8. The van der Waals surface area contributed by atoms with Crippen LogP contribution in [0.4, 0.5) is 5.69 Å². The van der Waals surface area contributed by atoms with Crippen molar-refractivity contribution in [1.82, 2.24) is 14.8 Å². The summed E-state index contributed by atoms with van der Waals surface area (Å²) in [5, 5.41) is 7.76. The zero-order valence-electron chi connectivity index (χ0n) is 9.54. The molecule has 0 aliphatic carbocycles. The normalized spacial score (nSPS) is 11.4. The lowest BCUT2D eigenvalue weighted by Gasteiger charge is -2.06. The molecule has 0 radical (unpaired) electrons. The molecule has 0 amide bonds. The maximum Gasteiger partial charge on any atom is 0.242 e. The van der Waals surface area contributed by atoms with Gasteiger partial charge in [-0.2, -0.15) is 0 Å². The molecule has 18 heavy (non-hydrogen) atoms. The number of nitrogens with one attached hydrogen (secondary N) is 1. The standard InChI is InChI=1S/C10H11BrN4O2S/c1-15-7-12-13-10(15)8-2-4-9(5-3-8)14-18(16,17)6-11/h2-5,7,14H,6H2,1H3. The van der Waals surface area contributed by atoms with Crippen LogP contribution in [0.15, 0.2) is 30.6 Å². The van der Waals surface area contributed by atoms with E-state index < -0.39 is 10.0 Å². The van der Waals surface area contributed by atoms with Crippen molar-refractivity contribution in [1.29, 1.82) is 0 Å². The summed E-state index contributed by atoms with van der Waals surface area (Å²) in [6.45, 7) is 0. The van der Waals surface area contributed by atoms with E-state index in [9.17, 15) is 8.42 Å². The number of nitrogens with zero attached hydrogens (tertiary/aromatic N) is 3. The van der Waals surface area contributed by atoms with Crippen LogP contribution in [0.1, 0.15) is 0 Å². The van der Waals surface area contributed by atoms with Crippen molar-refractivity contribution in [2.24, 2.45) is 7.05 Å². The molecule has 1 N–H and O–H groups in total. The maximum absolute atomic E-state index is 11.4. The molecule has 0 saturated carbocycles.